The van der Waals surface area contributed by atoms with Gasteiger partial charge in [-0.15, -0.1) is 71.8 Å². The maximum Gasteiger partial charge on any atom is 2.00 e. The third-order valence-electron chi connectivity index (χ3n) is 7.09. The fourth-order valence-corrected chi connectivity index (χ4v) is 5.37. The van der Waals surface area contributed by atoms with Gasteiger partial charge in [0.15, 0.2) is 0 Å². The molecule has 0 radical (unpaired) electrons. The van der Waals surface area contributed by atoms with Crippen LogP contribution in [0.25, 0.3) is 22.5 Å². The van der Waals surface area contributed by atoms with E-state index in [9.17, 15) is 0 Å². The van der Waals surface area contributed by atoms with Gasteiger partial charge in [-0.05, 0) is 48.5 Å². The van der Waals surface area contributed by atoms with E-state index >= 15 is 0 Å². The van der Waals surface area contributed by atoms with Crippen molar-refractivity contribution in [3.8, 4) is 22.5 Å². The van der Waals surface area contributed by atoms with Gasteiger partial charge in [0.1, 0.15) is 5.41 Å². The fraction of sp³-hybridized carbons (Fsp3) is 0.0811. The van der Waals surface area contributed by atoms with Crippen LogP contribution in [-0.4, -0.2) is 9.97 Å². The van der Waals surface area contributed by atoms with Crippen molar-refractivity contribution in [3.05, 3.63) is 179 Å². The molecular formula is C37H28N2Pt. The van der Waals surface area contributed by atoms with Crippen LogP contribution in [0.3, 0.4) is 0 Å². The number of rotatable bonds is 6. The topological polar surface area (TPSA) is 25.8 Å². The van der Waals surface area contributed by atoms with Crippen LogP contribution in [0.2, 0.25) is 0 Å². The van der Waals surface area contributed by atoms with Crippen molar-refractivity contribution in [3.63, 3.8) is 0 Å². The summed E-state index contributed by atoms with van der Waals surface area (Å²) >= 11 is 0. The zero-order chi connectivity index (χ0) is 26.7. The van der Waals surface area contributed by atoms with E-state index in [1.165, 1.54) is 0 Å². The predicted octanol–water partition coefficient (Wildman–Crippen LogP) is 8.41. The Bertz CT molecular complexity index is 1570. The molecule has 40 heavy (non-hydrogen) atoms. The fourth-order valence-electron chi connectivity index (χ4n) is 5.37. The molecule has 0 aliphatic heterocycles. The minimum atomic E-state index is -0.756. The van der Waals surface area contributed by atoms with E-state index in [0.717, 1.165) is 56.2 Å². The quantitative estimate of drug-likeness (QED) is 0.164. The van der Waals surface area contributed by atoms with E-state index in [1.54, 1.807) is 0 Å². The van der Waals surface area contributed by atoms with Gasteiger partial charge in [-0.1, -0.05) is 83.9 Å². The van der Waals surface area contributed by atoms with Crippen LogP contribution in [-0.2, 0) is 26.5 Å². The average Bonchev–Trinajstić information content (AvgIpc) is 2.99. The second-order valence-corrected chi connectivity index (χ2v) is 9.86. The van der Waals surface area contributed by atoms with E-state index in [4.69, 9.17) is 9.97 Å². The van der Waals surface area contributed by atoms with Crippen LogP contribution in [0.15, 0.2) is 133 Å². The van der Waals surface area contributed by atoms with E-state index in [0.29, 0.717) is 0 Å². The third-order valence-corrected chi connectivity index (χ3v) is 7.09. The first-order valence-electron chi connectivity index (χ1n) is 13.2. The Hall–Kier alpha value is -4.13. The Morgan fingerprint density at radius 2 is 0.900 bits per heavy atom. The van der Waals surface area contributed by atoms with Crippen LogP contribution >= 0.6 is 0 Å². The first-order chi connectivity index (χ1) is 19.1. The van der Waals surface area contributed by atoms with E-state index in [-0.39, 0.29) is 21.1 Å². The van der Waals surface area contributed by atoms with Crippen LogP contribution in [0.4, 0.5) is 0 Å². The number of aromatic nitrogens is 2. The molecule has 0 bridgehead atoms. The number of pyridine rings is 2. The molecule has 2 nitrogen and oxygen atoms in total. The number of nitrogens with zero attached hydrogens (tertiary/aromatic N) is 2. The van der Waals surface area contributed by atoms with Gasteiger partial charge >= 0.3 is 21.1 Å². The molecule has 6 aromatic rings. The number of hydrogen-bond acceptors (Lipinski definition) is 2. The summed E-state index contributed by atoms with van der Waals surface area (Å²) in [6.45, 7) is 4.26. The molecule has 4 aromatic carbocycles. The minimum absolute atomic E-state index is 0. The summed E-state index contributed by atoms with van der Waals surface area (Å²) in [5.41, 5.74) is 9.30. The van der Waals surface area contributed by atoms with Crippen molar-refractivity contribution in [2.75, 3.05) is 0 Å². The van der Waals surface area contributed by atoms with Crippen molar-refractivity contribution in [1.29, 1.82) is 0 Å². The Kier molecular flexibility index (Phi) is 8.19. The monoisotopic (exact) mass is 695 g/mol. The second kappa shape index (κ2) is 11.9. The largest absolute Gasteiger partial charge is 2.00 e. The molecule has 0 fully saturated rings. The molecule has 0 amide bonds. The molecule has 0 saturated heterocycles. The van der Waals surface area contributed by atoms with Gasteiger partial charge in [-0.25, -0.2) is 0 Å². The zero-order valence-corrected chi connectivity index (χ0v) is 24.7. The van der Waals surface area contributed by atoms with Gasteiger partial charge < -0.3 is 0 Å². The Morgan fingerprint density at radius 1 is 0.500 bits per heavy atom. The number of benzene rings is 4. The third kappa shape index (κ3) is 5.20. The van der Waals surface area contributed by atoms with E-state index < -0.39 is 5.41 Å². The van der Waals surface area contributed by atoms with Gasteiger partial charge in [0.25, 0.3) is 0 Å². The Morgan fingerprint density at radius 3 is 1.27 bits per heavy atom. The molecule has 3 heteroatoms. The maximum absolute atomic E-state index is 5.36. The average molecular weight is 696 g/mol. The van der Waals surface area contributed by atoms with Gasteiger partial charge in [0.2, 0.25) is 0 Å². The minimum Gasteiger partial charge on any atom is -0.300 e. The smallest absolute Gasteiger partial charge is 0.300 e. The predicted molar refractivity (Wildman–Crippen MR) is 158 cm³/mol. The Balaban J connectivity index is 0.00000323. The summed E-state index contributed by atoms with van der Waals surface area (Å²) < 4.78 is 0. The van der Waals surface area contributed by atoms with Crippen molar-refractivity contribution in [2.45, 2.75) is 19.3 Å². The van der Waals surface area contributed by atoms with E-state index in [1.807, 2.05) is 36.4 Å². The zero-order valence-electron chi connectivity index (χ0n) is 22.4. The number of hydrogen-bond donors (Lipinski definition) is 0. The molecule has 6 rings (SSSR count). The molecule has 2 heterocycles. The standard InChI is InChI=1S/C37H28N2.Pt/c1-27-23-33(29-15-7-3-8-16-29)38-35(25-27)37(31-19-11-5-12-20-31,32-21-13-6-14-22-32)36-26-28(2)24-34(39-36)30-17-9-4-10-18-30;/h3-15,17,19-26H,1-2H3;/q-2;+2. The maximum atomic E-state index is 5.36. The van der Waals surface area contributed by atoms with Crippen LogP contribution in [0.5, 0.6) is 0 Å². The molecule has 0 spiro atoms. The summed E-state index contributed by atoms with van der Waals surface area (Å²) in [6, 6.07) is 52.6. The molecule has 0 aliphatic rings. The summed E-state index contributed by atoms with van der Waals surface area (Å²) in [7, 11) is 0. The molecule has 0 unspecified atom stereocenters. The van der Waals surface area contributed by atoms with Crippen LogP contribution < -0.4 is 0 Å². The van der Waals surface area contributed by atoms with Crippen molar-refractivity contribution in [1.82, 2.24) is 9.97 Å². The van der Waals surface area contributed by atoms with Crippen molar-refractivity contribution >= 4 is 0 Å². The van der Waals surface area contributed by atoms with Gasteiger partial charge in [0.05, 0.1) is 11.4 Å². The second-order valence-electron chi connectivity index (χ2n) is 9.86. The van der Waals surface area contributed by atoms with Crippen molar-refractivity contribution in [2.24, 2.45) is 0 Å². The first-order valence-corrected chi connectivity index (χ1v) is 13.2. The van der Waals surface area contributed by atoms with Gasteiger partial charge in [-0.2, -0.15) is 0 Å². The SMILES string of the molecule is Cc1cc(-c2[c-]cccc2)nc(C(c2ccccc2)(c2ccccc2)c2cc(C)cc(-c3[c-]cccc3)n2)c1.[Pt+2]. The van der Waals surface area contributed by atoms with Crippen LogP contribution in [0, 0.1) is 26.0 Å². The number of aryl methyl sites for hydroxylation is 2. The summed E-state index contributed by atoms with van der Waals surface area (Å²) in [6.07, 6.45) is 0. The summed E-state index contributed by atoms with van der Waals surface area (Å²) in [5, 5.41) is 0. The van der Waals surface area contributed by atoms with Crippen molar-refractivity contribution < 1.29 is 21.1 Å². The van der Waals surface area contributed by atoms with Crippen LogP contribution in [0.1, 0.15) is 33.6 Å². The molecule has 0 atom stereocenters. The van der Waals surface area contributed by atoms with Gasteiger partial charge in [-0.3, -0.25) is 9.97 Å². The summed E-state index contributed by atoms with van der Waals surface area (Å²) in [5.74, 6) is 0. The molecule has 0 N–H and O–H groups in total. The van der Waals surface area contributed by atoms with Gasteiger partial charge in [0, 0.05) is 0 Å². The van der Waals surface area contributed by atoms with E-state index in [2.05, 4.69) is 123 Å². The molecule has 0 aliphatic carbocycles. The Labute approximate surface area is 251 Å². The summed E-state index contributed by atoms with van der Waals surface area (Å²) in [4.78, 5) is 10.7. The first kappa shape index (κ1) is 27.4. The molecule has 0 saturated carbocycles. The normalized spacial score (nSPS) is 11.1. The molecule has 2 aromatic heterocycles. The molecule has 196 valence electrons. The molecular weight excluding hydrogens is 667 g/mol.